The van der Waals surface area contributed by atoms with Crippen LogP contribution in [0.2, 0.25) is 0 Å². The number of carbonyl (C=O) groups is 2. The number of rotatable bonds is 6. The molecule has 3 rings (SSSR count). The van der Waals surface area contributed by atoms with Gasteiger partial charge in [-0.05, 0) is 53.4 Å². The van der Waals surface area contributed by atoms with Gasteiger partial charge < -0.3 is 10.4 Å². The van der Waals surface area contributed by atoms with E-state index < -0.39 is 5.91 Å². The van der Waals surface area contributed by atoms with Gasteiger partial charge in [0.1, 0.15) is 5.75 Å². The quantitative estimate of drug-likeness (QED) is 0.408. The van der Waals surface area contributed by atoms with Crippen LogP contribution in [0.25, 0.3) is 10.8 Å². The third kappa shape index (κ3) is 5.23. The summed E-state index contributed by atoms with van der Waals surface area (Å²) in [7, 11) is 0. The number of anilines is 1. The van der Waals surface area contributed by atoms with Crippen LogP contribution in [0.3, 0.4) is 0 Å². The average Bonchev–Trinajstić information content (AvgIpc) is 2.71. The number of hydrazone groups is 1. The van der Waals surface area contributed by atoms with Crippen molar-refractivity contribution >= 4 is 34.0 Å². The first-order valence-corrected chi connectivity index (χ1v) is 9.78. The van der Waals surface area contributed by atoms with E-state index in [0.717, 1.165) is 10.8 Å². The second-order valence-electron chi connectivity index (χ2n) is 7.51. The Kier molecular flexibility index (Phi) is 6.47. The van der Waals surface area contributed by atoms with Crippen molar-refractivity contribution in [1.82, 2.24) is 5.43 Å². The Hall–Kier alpha value is -3.67. The lowest BCUT2D eigenvalue weighted by atomic mass is 10.0. The van der Waals surface area contributed by atoms with E-state index in [1.165, 1.54) is 5.56 Å². The Morgan fingerprint density at radius 1 is 1.00 bits per heavy atom. The molecule has 2 amide bonds. The maximum absolute atomic E-state index is 12.4. The van der Waals surface area contributed by atoms with Crippen LogP contribution in [-0.2, 0) is 4.79 Å². The van der Waals surface area contributed by atoms with Crippen molar-refractivity contribution in [3.63, 3.8) is 0 Å². The summed E-state index contributed by atoms with van der Waals surface area (Å²) in [5, 5.41) is 18.6. The summed E-state index contributed by atoms with van der Waals surface area (Å²) in [5.41, 5.74) is 4.88. The van der Waals surface area contributed by atoms with Crippen molar-refractivity contribution in [3.05, 3.63) is 71.8 Å². The average molecular weight is 403 g/mol. The highest BCUT2D eigenvalue weighted by atomic mass is 16.3. The second kappa shape index (κ2) is 9.22. The van der Waals surface area contributed by atoms with E-state index in [2.05, 4.69) is 29.7 Å². The van der Waals surface area contributed by atoms with E-state index in [1.807, 2.05) is 48.5 Å². The maximum atomic E-state index is 12.4. The Labute approximate surface area is 175 Å². The van der Waals surface area contributed by atoms with Gasteiger partial charge in [-0.15, -0.1) is 0 Å². The fraction of sp³-hybridized carbons (Fsp3) is 0.208. The first kappa shape index (κ1) is 21.0. The summed E-state index contributed by atoms with van der Waals surface area (Å²) in [6.45, 7) is 5.88. The molecule has 0 spiro atoms. The SMILES string of the molecule is C/C(CC(=O)Nc1ccc(C(C)C)cc1)=N/NC(=O)c1cc2ccccc2cc1O. The number of carbonyl (C=O) groups excluding carboxylic acids is 2. The summed E-state index contributed by atoms with van der Waals surface area (Å²) < 4.78 is 0. The van der Waals surface area contributed by atoms with Crippen molar-refractivity contribution in [2.75, 3.05) is 5.32 Å². The zero-order valence-electron chi connectivity index (χ0n) is 17.3. The van der Waals surface area contributed by atoms with Gasteiger partial charge in [-0.2, -0.15) is 5.10 Å². The number of aromatic hydroxyl groups is 1. The molecule has 3 aromatic rings. The monoisotopic (exact) mass is 403 g/mol. The minimum Gasteiger partial charge on any atom is -0.507 e. The molecule has 0 atom stereocenters. The summed E-state index contributed by atoms with van der Waals surface area (Å²) in [5.74, 6) is -0.463. The molecule has 3 N–H and O–H groups in total. The number of phenolic OH excluding ortho intramolecular Hbond substituents is 1. The summed E-state index contributed by atoms with van der Waals surface area (Å²) in [6.07, 6.45) is 0.0376. The van der Waals surface area contributed by atoms with Gasteiger partial charge in [0.2, 0.25) is 5.91 Å². The fourth-order valence-corrected chi connectivity index (χ4v) is 3.04. The molecule has 0 heterocycles. The van der Waals surface area contributed by atoms with E-state index in [4.69, 9.17) is 0 Å². The first-order valence-electron chi connectivity index (χ1n) is 9.78. The van der Waals surface area contributed by atoms with Gasteiger partial charge in [-0.3, -0.25) is 9.59 Å². The fourth-order valence-electron chi connectivity index (χ4n) is 3.04. The second-order valence-corrected chi connectivity index (χ2v) is 7.51. The molecule has 0 bridgehead atoms. The number of nitrogens with one attached hydrogen (secondary N) is 2. The van der Waals surface area contributed by atoms with Gasteiger partial charge in [-0.1, -0.05) is 50.2 Å². The molecule has 6 heteroatoms. The lowest BCUT2D eigenvalue weighted by molar-refractivity contribution is -0.115. The van der Waals surface area contributed by atoms with Crippen LogP contribution < -0.4 is 10.7 Å². The van der Waals surface area contributed by atoms with Crippen LogP contribution >= 0.6 is 0 Å². The number of nitrogens with zero attached hydrogens (tertiary/aromatic N) is 1. The number of fused-ring (bicyclic) bond motifs is 1. The molecular formula is C24H25N3O3. The summed E-state index contributed by atoms with van der Waals surface area (Å²) >= 11 is 0. The Bertz CT molecular complexity index is 1100. The van der Waals surface area contributed by atoms with Crippen molar-refractivity contribution in [1.29, 1.82) is 0 Å². The molecule has 6 nitrogen and oxygen atoms in total. The van der Waals surface area contributed by atoms with Crippen molar-refractivity contribution in [2.24, 2.45) is 5.10 Å². The smallest absolute Gasteiger partial charge is 0.275 e. The van der Waals surface area contributed by atoms with Gasteiger partial charge in [0, 0.05) is 11.4 Å². The molecule has 154 valence electrons. The largest absolute Gasteiger partial charge is 0.507 e. The molecule has 0 aliphatic carbocycles. The molecule has 0 aliphatic heterocycles. The molecule has 0 fully saturated rings. The van der Waals surface area contributed by atoms with Crippen molar-refractivity contribution < 1.29 is 14.7 Å². The zero-order chi connectivity index (χ0) is 21.7. The van der Waals surface area contributed by atoms with Crippen LogP contribution in [-0.4, -0.2) is 22.6 Å². The number of phenols is 1. The van der Waals surface area contributed by atoms with Crippen LogP contribution in [0.4, 0.5) is 5.69 Å². The standard InChI is InChI=1S/C24H25N3O3/c1-15(2)17-8-10-20(11-9-17)25-23(29)12-16(3)26-27-24(30)21-13-18-6-4-5-7-19(18)14-22(21)28/h4-11,13-15,28H,12H2,1-3H3,(H,25,29)(H,27,30)/b26-16-. The summed E-state index contributed by atoms with van der Waals surface area (Å²) in [4.78, 5) is 24.6. The number of amides is 2. The van der Waals surface area contributed by atoms with Gasteiger partial charge in [0.15, 0.2) is 0 Å². The molecule has 3 aromatic carbocycles. The maximum Gasteiger partial charge on any atom is 0.275 e. The Morgan fingerprint density at radius 3 is 2.27 bits per heavy atom. The van der Waals surface area contributed by atoms with E-state index in [-0.39, 0.29) is 23.6 Å². The Morgan fingerprint density at radius 2 is 1.63 bits per heavy atom. The van der Waals surface area contributed by atoms with Gasteiger partial charge in [-0.25, -0.2) is 5.43 Å². The van der Waals surface area contributed by atoms with E-state index in [9.17, 15) is 14.7 Å². The topological polar surface area (TPSA) is 90.8 Å². The van der Waals surface area contributed by atoms with Crippen LogP contribution in [0.5, 0.6) is 5.75 Å². The lowest BCUT2D eigenvalue weighted by Crippen LogP contribution is -2.21. The van der Waals surface area contributed by atoms with Crippen LogP contribution in [0, 0.1) is 0 Å². The highest BCUT2D eigenvalue weighted by Gasteiger charge is 2.12. The molecule has 0 radical (unpaired) electrons. The lowest BCUT2D eigenvalue weighted by Gasteiger charge is -2.09. The highest BCUT2D eigenvalue weighted by Crippen LogP contribution is 2.24. The number of benzene rings is 3. The molecular weight excluding hydrogens is 378 g/mol. The van der Waals surface area contributed by atoms with Crippen molar-refractivity contribution in [3.8, 4) is 5.75 Å². The summed E-state index contributed by atoms with van der Waals surface area (Å²) in [6, 6.07) is 18.3. The predicted molar refractivity (Wildman–Crippen MR) is 120 cm³/mol. The molecule has 0 unspecified atom stereocenters. The van der Waals surface area contributed by atoms with Gasteiger partial charge >= 0.3 is 0 Å². The molecule has 0 saturated heterocycles. The van der Waals surface area contributed by atoms with Crippen LogP contribution in [0.15, 0.2) is 65.8 Å². The number of hydrogen-bond acceptors (Lipinski definition) is 4. The van der Waals surface area contributed by atoms with E-state index >= 15 is 0 Å². The van der Waals surface area contributed by atoms with E-state index in [0.29, 0.717) is 17.3 Å². The van der Waals surface area contributed by atoms with Gasteiger partial charge in [0.05, 0.1) is 12.0 Å². The minimum absolute atomic E-state index is 0.0376. The third-order valence-electron chi connectivity index (χ3n) is 4.73. The van der Waals surface area contributed by atoms with Crippen LogP contribution in [0.1, 0.15) is 49.0 Å². The van der Waals surface area contributed by atoms with E-state index in [1.54, 1.807) is 19.1 Å². The highest BCUT2D eigenvalue weighted by molar-refractivity contribution is 6.06. The molecule has 0 aliphatic rings. The first-order chi connectivity index (χ1) is 14.3. The third-order valence-corrected chi connectivity index (χ3v) is 4.73. The molecule has 30 heavy (non-hydrogen) atoms. The minimum atomic E-state index is -0.540. The zero-order valence-corrected chi connectivity index (χ0v) is 17.3. The molecule has 0 aromatic heterocycles. The van der Waals surface area contributed by atoms with Crippen molar-refractivity contribution in [2.45, 2.75) is 33.1 Å². The predicted octanol–water partition coefficient (Wildman–Crippen LogP) is 4.80. The normalized spacial score (nSPS) is 11.5. The number of hydrogen-bond donors (Lipinski definition) is 3. The van der Waals surface area contributed by atoms with Gasteiger partial charge in [0.25, 0.3) is 5.91 Å². The Balaban J connectivity index is 1.59. The molecule has 0 saturated carbocycles.